The van der Waals surface area contributed by atoms with Crippen LogP contribution in [0.1, 0.15) is 43.2 Å². The van der Waals surface area contributed by atoms with Crippen molar-refractivity contribution in [1.82, 2.24) is 5.32 Å². The zero-order valence-electron chi connectivity index (χ0n) is 20.1. The first-order chi connectivity index (χ1) is 16.7. The van der Waals surface area contributed by atoms with Crippen molar-refractivity contribution < 1.29 is 23.0 Å². The molecular weight excluding hydrogens is 469 g/mol. The van der Waals surface area contributed by atoms with Gasteiger partial charge in [0, 0.05) is 28.2 Å². The van der Waals surface area contributed by atoms with Gasteiger partial charge in [0.15, 0.2) is 0 Å². The second-order valence-corrected chi connectivity index (χ2v) is 10.4. The molecule has 0 saturated heterocycles. The number of aryl methyl sites for hydroxylation is 2. The minimum absolute atomic E-state index is 0.107. The number of nitrogens with one attached hydrogen (secondary N) is 2. The molecule has 3 rings (SSSR count). The van der Waals surface area contributed by atoms with E-state index in [2.05, 4.69) is 10.6 Å². The maximum absolute atomic E-state index is 13.2. The van der Waals surface area contributed by atoms with E-state index in [0.717, 1.165) is 36.8 Å². The van der Waals surface area contributed by atoms with Gasteiger partial charge < -0.3 is 15.5 Å². The summed E-state index contributed by atoms with van der Waals surface area (Å²) in [5.41, 5.74) is 2.70. The minimum Gasteiger partial charge on any atom is -0.352 e. The molecule has 2 N–H and O–H groups in total. The van der Waals surface area contributed by atoms with Crippen LogP contribution in [-0.4, -0.2) is 46.0 Å². The van der Waals surface area contributed by atoms with Crippen LogP contribution in [-0.2, 0) is 25.2 Å². The van der Waals surface area contributed by atoms with Gasteiger partial charge in [0.2, 0.25) is 17.7 Å². The van der Waals surface area contributed by atoms with Gasteiger partial charge in [-0.2, -0.15) is 0 Å². The first-order valence-corrected chi connectivity index (χ1v) is 13.3. The molecular formula is C26H32FN3O4S. The van der Waals surface area contributed by atoms with Crippen LogP contribution in [0.4, 0.5) is 15.8 Å². The van der Waals surface area contributed by atoms with E-state index in [-0.39, 0.29) is 18.5 Å². The quantitative estimate of drug-likeness (QED) is 0.549. The normalized spacial score (nSPS) is 14.7. The van der Waals surface area contributed by atoms with Gasteiger partial charge >= 0.3 is 0 Å². The van der Waals surface area contributed by atoms with Crippen LogP contribution in [0.25, 0.3) is 0 Å². The number of halogens is 1. The molecule has 3 amide bonds. The lowest BCUT2D eigenvalue weighted by Gasteiger charge is -2.27. The molecule has 35 heavy (non-hydrogen) atoms. The Kier molecular flexibility index (Phi) is 9.54. The van der Waals surface area contributed by atoms with Crippen LogP contribution in [0.3, 0.4) is 0 Å². The molecule has 0 spiro atoms. The summed E-state index contributed by atoms with van der Waals surface area (Å²) >= 11 is 0. The fraction of sp³-hybridized carbons (Fsp3) is 0.423. The van der Waals surface area contributed by atoms with Crippen LogP contribution in [0.15, 0.2) is 42.5 Å². The number of hydrogen-bond acceptors (Lipinski definition) is 4. The average Bonchev–Trinajstić information content (AvgIpc) is 2.81. The van der Waals surface area contributed by atoms with E-state index in [1.165, 1.54) is 35.6 Å². The largest absolute Gasteiger partial charge is 0.352 e. The second kappa shape index (κ2) is 12.6. The monoisotopic (exact) mass is 501 g/mol. The fourth-order valence-electron chi connectivity index (χ4n) is 4.12. The predicted molar refractivity (Wildman–Crippen MR) is 136 cm³/mol. The first-order valence-electron chi connectivity index (χ1n) is 11.8. The van der Waals surface area contributed by atoms with Crippen LogP contribution < -0.4 is 15.5 Å². The average molecular weight is 502 g/mol. The molecule has 1 aliphatic rings. The highest BCUT2D eigenvalue weighted by atomic mass is 32.2. The van der Waals surface area contributed by atoms with Crippen molar-refractivity contribution in [2.45, 2.75) is 52.0 Å². The lowest BCUT2D eigenvalue weighted by atomic mass is 9.95. The molecule has 7 nitrogen and oxygen atoms in total. The summed E-state index contributed by atoms with van der Waals surface area (Å²) in [6.45, 7) is 3.56. The zero-order valence-corrected chi connectivity index (χ0v) is 21.0. The molecule has 1 atom stereocenters. The van der Waals surface area contributed by atoms with Crippen LogP contribution in [0.5, 0.6) is 0 Å². The fourth-order valence-corrected chi connectivity index (χ4v) is 5.02. The Morgan fingerprint density at radius 1 is 0.971 bits per heavy atom. The van der Waals surface area contributed by atoms with E-state index in [1.54, 1.807) is 0 Å². The maximum atomic E-state index is 13.2. The van der Waals surface area contributed by atoms with Crippen molar-refractivity contribution in [2.75, 3.05) is 28.3 Å². The highest BCUT2D eigenvalue weighted by Gasteiger charge is 2.25. The lowest BCUT2D eigenvalue weighted by Crippen LogP contribution is -2.46. The zero-order chi connectivity index (χ0) is 25.4. The highest BCUT2D eigenvalue weighted by Crippen LogP contribution is 2.23. The molecule has 9 heteroatoms. The van der Waals surface area contributed by atoms with Crippen molar-refractivity contribution in [3.63, 3.8) is 0 Å². The van der Waals surface area contributed by atoms with E-state index in [1.807, 2.05) is 32.0 Å². The lowest BCUT2D eigenvalue weighted by molar-refractivity contribution is -0.123. The van der Waals surface area contributed by atoms with E-state index in [4.69, 9.17) is 0 Å². The number of carbonyl (C=O) groups is 3. The summed E-state index contributed by atoms with van der Waals surface area (Å²) in [7, 11) is -1.79. The Hall–Kier alpha value is -3.07. The third kappa shape index (κ3) is 8.28. The predicted octanol–water partition coefficient (Wildman–Crippen LogP) is 3.61. The Morgan fingerprint density at radius 3 is 2.34 bits per heavy atom. The molecule has 188 valence electrons. The van der Waals surface area contributed by atoms with E-state index >= 15 is 0 Å². The smallest absolute Gasteiger partial charge is 0.240 e. The molecule has 0 unspecified atom stereocenters. The molecule has 2 aromatic rings. The maximum Gasteiger partial charge on any atom is 0.240 e. The SMILES string of the molecule is Cc1ccc(C)c(N(CC(=O)NC2CCCCC2)C(=O)C[S@@](=O)CC(=O)Nc2ccc(F)cc2)c1. The number of carbonyl (C=O) groups excluding carboxylic acids is 3. The van der Waals surface area contributed by atoms with Gasteiger partial charge in [-0.05, 0) is 68.1 Å². The minimum atomic E-state index is -1.79. The Balaban J connectivity index is 1.66. The summed E-state index contributed by atoms with van der Waals surface area (Å²) in [6.07, 6.45) is 5.17. The summed E-state index contributed by atoms with van der Waals surface area (Å²) in [4.78, 5) is 39.6. The van der Waals surface area contributed by atoms with Crippen molar-refractivity contribution in [2.24, 2.45) is 0 Å². The molecule has 0 aromatic heterocycles. The summed E-state index contributed by atoms with van der Waals surface area (Å²) in [5, 5.41) is 5.57. The molecule has 1 saturated carbocycles. The second-order valence-electron chi connectivity index (χ2n) is 8.96. The molecule has 0 bridgehead atoms. The molecule has 0 radical (unpaired) electrons. The standard InChI is InChI=1S/C26H32FN3O4S/c1-18-8-9-19(2)23(14-18)30(15-24(31)28-21-6-4-3-5-7-21)26(33)17-35(34)16-25(32)29-22-12-10-20(27)11-13-22/h8-14,21H,3-7,15-17H2,1-2H3,(H,28,31)(H,29,32)/t35-/m0/s1. The molecule has 0 heterocycles. The number of anilines is 2. The number of amides is 3. The molecule has 1 aliphatic carbocycles. The van der Waals surface area contributed by atoms with Crippen LogP contribution in [0, 0.1) is 19.7 Å². The molecule has 1 fully saturated rings. The number of hydrogen-bond donors (Lipinski definition) is 2. The summed E-state index contributed by atoms with van der Waals surface area (Å²) < 4.78 is 25.7. The van der Waals surface area contributed by atoms with Crippen molar-refractivity contribution in [1.29, 1.82) is 0 Å². The third-order valence-corrected chi connectivity index (χ3v) is 7.09. The van der Waals surface area contributed by atoms with Crippen molar-refractivity contribution in [3.05, 3.63) is 59.4 Å². The van der Waals surface area contributed by atoms with E-state index in [0.29, 0.717) is 11.4 Å². The van der Waals surface area contributed by atoms with Crippen LogP contribution in [0.2, 0.25) is 0 Å². The topological polar surface area (TPSA) is 95.6 Å². The Bertz CT molecular complexity index is 1080. The van der Waals surface area contributed by atoms with Crippen molar-refractivity contribution >= 4 is 39.9 Å². The van der Waals surface area contributed by atoms with Crippen molar-refractivity contribution in [3.8, 4) is 0 Å². The highest BCUT2D eigenvalue weighted by molar-refractivity contribution is 7.86. The number of benzene rings is 2. The van der Waals surface area contributed by atoms with E-state index < -0.39 is 39.9 Å². The molecule has 2 aromatic carbocycles. The van der Waals surface area contributed by atoms with Gasteiger partial charge in [-0.1, -0.05) is 31.4 Å². The van der Waals surface area contributed by atoms with Crippen LogP contribution >= 0.6 is 0 Å². The van der Waals surface area contributed by atoms with Gasteiger partial charge in [-0.25, -0.2) is 4.39 Å². The van der Waals surface area contributed by atoms with E-state index in [9.17, 15) is 23.0 Å². The Labute approximate surface area is 207 Å². The third-order valence-electron chi connectivity index (χ3n) is 5.93. The number of nitrogens with zero attached hydrogens (tertiary/aromatic N) is 1. The van der Waals surface area contributed by atoms with Gasteiger partial charge in [0.25, 0.3) is 0 Å². The summed E-state index contributed by atoms with van der Waals surface area (Å²) in [5.74, 6) is -2.53. The first kappa shape index (κ1) is 26.5. The van der Waals surface area contributed by atoms with Gasteiger partial charge in [0.1, 0.15) is 23.9 Å². The number of rotatable bonds is 9. The van der Waals surface area contributed by atoms with Gasteiger partial charge in [0.05, 0.1) is 0 Å². The van der Waals surface area contributed by atoms with Gasteiger partial charge in [-0.15, -0.1) is 0 Å². The van der Waals surface area contributed by atoms with Gasteiger partial charge in [-0.3, -0.25) is 18.6 Å². The summed E-state index contributed by atoms with van der Waals surface area (Å²) in [6, 6.07) is 10.9. The molecule has 0 aliphatic heterocycles. The Morgan fingerprint density at radius 2 is 1.66 bits per heavy atom.